The molecule has 78 valence electrons. The van der Waals surface area contributed by atoms with E-state index >= 15 is 0 Å². The zero-order chi connectivity index (χ0) is 10.9. The summed E-state index contributed by atoms with van der Waals surface area (Å²) in [6.45, 7) is 7.70. The lowest BCUT2D eigenvalue weighted by Crippen LogP contribution is -2.15. The number of hydrogen-bond acceptors (Lipinski definition) is 2. The Balaban J connectivity index is 2.62. The van der Waals surface area contributed by atoms with Gasteiger partial charge in [-0.1, -0.05) is 19.8 Å². The molecule has 2 unspecified atom stereocenters. The van der Waals surface area contributed by atoms with Crippen LogP contribution in [0, 0.1) is 28.6 Å². The van der Waals surface area contributed by atoms with E-state index in [0.29, 0.717) is 0 Å². The number of carbonyl (C=O) groups excluding carboxylic acids is 1. The predicted octanol–water partition coefficient (Wildman–Crippen LogP) is 2.41. The van der Waals surface area contributed by atoms with Crippen LogP contribution in [0.1, 0.15) is 27.7 Å². The van der Waals surface area contributed by atoms with Crippen LogP contribution in [0.5, 0.6) is 0 Å². The Morgan fingerprint density at radius 2 is 2.07 bits per heavy atom. The van der Waals surface area contributed by atoms with Gasteiger partial charge in [-0.05, 0) is 30.9 Å². The third-order valence-corrected chi connectivity index (χ3v) is 2.75. The van der Waals surface area contributed by atoms with E-state index in [4.69, 9.17) is 16.3 Å². The molecule has 1 fully saturated rings. The van der Waals surface area contributed by atoms with Gasteiger partial charge in [0.25, 0.3) is 0 Å². The van der Waals surface area contributed by atoms with Crippen LogP contribution in [-0.2, 0) is 9.53 Å². The van der Waals surface area contributed by atoms with Crippen LogP contribution < -0.4 is 0 Å². The highest BCUT2D eigenvalue weighted by Gasteiger charge is 2.62. The molecule has 0 saturated heterocycles. The summed E-state index contributed by atoms with van der Waals surface area (Å²) in [5, 5.41) is 2.34. The Hall–Kier alpha value is -0.680. The van der Waals surface area contributed by atoms with Gasteiger partial charge in [0.15, 0.2) is 0 Å². The van der Waals surface area contributed by atoms with E-state index in [-0.39, 0.29) is 29.3 Å². The summed E-state index contributed by atoms with van der Waals surface area (Å²) >= 11 is 5.33. The standard InChI is InChI=1S/C11H15ClO2/c1-7(2)14-10(13)9-8(5-6-12)11(9,3)4/h7-9H,1-4H3. The molecular weight excluding hydrogens is 200 g/mol. The molecule has 1 rings (SSSR count). The maximum atomic E-state index is 11.6. The van der Waals surface area contributed by atoms with Gasteiger partial charge in [0.1, 0.15) is 0 Å². The van der Waals surface area contributed by atoms with Gasteiger partial charge >= 0.3 is 5.97 Å². The summed E-state index contributed by atoms with van der Waals surface area (Å²) in [6.07, 6.45) is -0.0662. The first-order valence-electron chi connectivity index (χ1n) is 4.73. The molecule has 0 aromatic heterocycles. The van der Waals surface area contributed by atoms with E-state index in [1.807, 2.05) is 27.7 Å². The Morgan fingerprint density at radius 1 is 1.50 bits per heavy atom. The molecule has 1 aliphatic rings. The largest absolute Gasteiger partial charge is 0.463 e. The fourth-order valence-corrected chi connectivity index (χ4v) is 1.83. The molecule has 0 radical (unpaired) electrons. The zero-order valence-electron chi connectivity index (χ0n) is 8.93. The molecule has 14 heavy (non-hydrogen) atoms. The second kappa shape index (κ2) is 3.82. The summed E-state index contributed by atoms with van der Waals surface area (Å²) in [5.41, 5.74) is -0.0894. The topological polar surface area (TPSA) is 26.3 Å². The lowest BCUT2D eigenvalue weighted by molar-refractivity contribution is -0.149. The summed E-state index contributed by atoms with van der Waals surface area (Å²) in [6, 6.07) is 0. The Kier molecular flexibility index (Phi) is 3.11. The summed E-state index contributed by atoms with van der Waals surface area (Å²) in [5.74, 6) is 2.60. The first-order valence-corrected chi connectivity index (χ1v) is 5.10. The zero-order valence-corrected chi connectivity index (χ0v) is 9.68. The van der Waals surface area contributed by atoms with Gasteiger partial charge in [-0.3, -0.25) is 4.79 Å². The molecule has 1 aliphatic carbocycles. The van der Waals surface area contributed by atoms with Gasteiger partial charge in [0, 0.05) is 11.3 Å². The van der Waals surface area contributed by atoms with Crippen LogP contribution in [0.4, 0.5) is 0 Å². The van der Waals surface area contributed by atoms with Crippen LogP contribution in [-0.4, -0.2) is 12.1 Å². The summed E-state index contributed by atoms with van der Waals surface area (Å²) in [7, 11) is 0. The van der Waals surface area contributed by atoms with Gasteiger partial charge in [-0.2, -0.15) is 0 Å². The third-order valence-electron chi connectivity index (χ3n) is 2.64. The second-order valence-corrected chi connectivity index (χ2v) is 4.69. The van der Waals surface area contributed by atoms with E-state index < -0.39 is 0 Å². The first-order chi connectivity index (χ1) is 6.41. The lowest BCUT2D eigenvalue weighted by atomic mass is 10.1. The smallest absolute Gasteiger partial charge is 0.311 e. The van der Waals surface area contributed by atoms with Gasteiger partial charge in [-0.15, -0.1) is 0 Å². The maximum absolute atomic E-state index is 11.6. The minimum absolute atomic E-state index is 0.0475. The minimum atomic E-state index is -0.158. The average Bonchev–Trinajstić information content (AvgIpc) is 2.52. The number of hydrogen-bond donors (Lipinski definition) is 0. The molecule has 0 bridgehead atoms. The van der Waals surface area contributed by atoms with E-state index in [1.165, 1.54) is 0 Å². The van der Waals surface area contributed by atoms with E-state index in [0.717, 1.165) is 0 Å². The number of rotatable bonds is 2. The normalized spacial score (nSPS) is 27.9. The summed E-state index contributed by atoms with van der Waals surface area (Å²) in [4.78, 5) is 11.6. The molecule has 0 aliphatic heterocycles. The van der Waals surface area contributed by atoms with Crippen molar-refractivity contribution in [2.45, 2.75) is 33.8 Å². The van der Waals surface area contributed by atoms with Crippen molar-refractivity contribution in [3.8, 4) is 11.3 Å². The molecule has 0 N–H and O–H groups in total. The predicted molar refractivity (Wildman–Crippen MR) is 55.6 cm³/mol. The monoisotopic (exact) mass is 214 g/mol. The van der Waals surface area contributed by atoms with E-state index in [9.17, 15) is 4.79 Å². The molecule has 2 nitrogen and oxygen atoms in total. The molecule has 1 saturated carbocycles. The van der Waals surface area contributed by atoms with Crippen molar-refractivity contribution in [1.29, 1.82) is 0 Å². The van der Waals surface area contributed by atoms with Gasteiger partial charge in [-0.25, -0.2) is 0 Å². The summed E-state index contributed by atoms with van der Waals surface area (Å²) < 4.78 is 5.14. The van der Waals surface area contributed by atoms with E-state index in [2.05, 4.69) is 11.3 Å². The van der Waals surface area contributed by atoms with Crippen LogP contribution in [0.3, 0.4) is 0 Å². The van der Waals surface area contributed by atoms with E-state index in [1.54, 1.807) is 0 Å². The highest BCUT2D eigenvalue weighted by molar-refractivity contribution is 6.30. The number of halogens is 1. The first kappa shape index (κ1) is 11.4. The van der Waals surface area contributed by atoms with Gasteiger partial charge < -0.3 is 4.74 Å². The minimum Gasteiger partial charge on any atom is -0.463 e. The van der Waals surface area contributed by atoms with Crippen molar-refractivity contribution in [3.05, 3.63) is 0 Å². The quantitative estimate of drug-likeness (QED) is 0.521. The Bertz CT molecular complexity index is 296. The molecule has 0 aromatic carbocycles. The average molecular weight is 215 g/mol. The van der Waals surface area contributed by atoms with Crippen LogP contribution in [0.2, 0.25) is 0 Å². The number of ether oxygens (including phenoxy) is 1. The molecule has 2 atom stereocenters. The van der Waals surface area contributed by atoms with Crippen molar-refractivity contribution in [2.75, 3.05) is 0 Å². The van der Waals surface area contributed by atoms with Crippen molar-refractivity contribution in [3.63, 3.8) is 0 Å². The van der Waals surface area contributed by atoms with Crippen LogP contribution >= 0.6 is 11.6 Å². The molecule has 0 spiro atoms. The van der Waals surface area contributed by atoms with Crippen LogP contribution in [0.15, 0.2) is 0 Å². The Morgan fingerprint density at radius 3 is 2.50 bits per heavy atom. The van der Waals surface area contributed by atoms with Crippen molar-refractivity contribution in [2.24, 2.45) is 17.3 Å². The number of esters is 1. The molecule has 0 aromatic rings. The molecule has 0 amide bonds. The highest BCUT2D eigenvalue weighted by Crippen LogP contribution is 2.58. The molecule has 3 heteroatoms. The number of carbonyl (C=O) groups is 1. The van der Waals surface area contributed by atoms with Crippen molar-refractivity contribution >= 4 is 17.6 Å². The third kappa shape index (κ3) is 2.04. The SMILES string of the molecule is CC(C)OC(=O)C1C(C#CCl)C1(C)C. The molecular formula is C11H15ClO2. The fraction of sp³-hybridized carbons (Fsp3) is 0.727. The van der Waals surface area contributed by atoms with Crippen LogP contribution in [0.25, 0.3) is 0 Å². The highest BCUT2D eigenvalue weighted by atomic mass is 35.5. The fourth-order valence-electron chi connectivity index (χ4n) is 1.71. The van der Waals surface area contributed by atoms with Crippen molar-refractivity contribution < 1.29 is 9.53 Å². The molecule has 0 heterocycles. The maximum Gasteiger partial charge on any atom is 0.311 e. The second-order valence-electron chi connectivity index (χ2n) is 4.50. The Labute approximate surface area is 90.0 Å². The lowest BCUT2D eigenvalue weighted by Gasteiger charge is -2.07. The van der Waals surface area contributed by atoms with Gasteiger partial charge in [0.2, 0.25) is 0 Å². The van der Waals surface area contributed by atoms with Gasteiger partial charge in [0.05, 0.1) is 12.0 Å². The van der Waals surface area contributed by atoms with Crippen molar-refractivity contribution in [1.82, 2.24) is 0 Å².